The molecule has 45 heavy (non-hydrogen) atoms. The van der Waals surface area contributed by atoms with Gasteiger partial charge in [-0.1, -0.05) is 30.0 Å². The zero-order chi connectivity index (χ0) is 31.3. The highest BCUT2D eigenvalue weighted by molar-refractivity contribution is 7.99. The number of rotatable bonds is 10. The van der Waals surface area contributed by atoms with Crippen molar-refractivity contribution in [3.05, 3.63) is 124 Å². The zero-order valence-corrected chi connectivity index (χ0v) is 25.5. The number of hydrazone groups is 1. The largest absolute Gasteiger partial charge is 0.497 e. The molecule has 6 rings (SSSR count). The number of aromatic nitrogens is 3. The van der Waals surface area contributed by atoms with Gasteiger partial charge in [-0.2, -0.15) is 5.10 Å². The molecule has 1 N–H and O–H groups in total. The van der Waals surface area contributed by atoms with Crippen LogP contribution in [0.25, 0.3) is 5.69 Å². The summed E-state index contributed by atoms with van der Waals surface area (Å²) < 4.78 is 34.5. The highest BCUT2D eigenvalue weighted by Crippen LogP contribution is 2.34. The first-order valence-electron chi connectivity index (χ1n) is 13.8. The lowest BCUT2D eigenvalue weighted by Gasteiger charge is -2.22. The van der Waals surface area contributed by atoms with Gasteiger partial charge in [-0.15, -0.1) is 21.5 Å². The number of nitrogens with one attached hydrogen (secondary N) is 1. The molecule has 0 fully saturated rings. The van der Waals surface area contributed by atoms with Gasteiger partial charge in [0.25, 0.3) is 11.8 Å². The zero-order valence-electron chi connectivity index (χ0n) is 23.9. The first-order chi connectivity index (χ1) is 21.9. The van der Waals surface area contributed by atoms with E-state index < -0.39 is 11.9 Å². The molecule has 3 heterocycles. The number of hydrogen-bond donors (Lipinski definition) is 1. The minimum absolute atomic E-state index is 0.0437. The Balaban J connectivity index is 1.24. The predicted molar refractivity (Wildman–Crippen MR) is 168 cm³/mol. The van der Waals surface area contributed by atoms with Gasteiger partial charge in [-0.3, -0.25) is 14.2 Å². The molecular formula is C32H26F2N6O3S2. The maximum atomic E-state index is 13.8. The predicted octanol–water partition coefficient (Wildman–Crippen LogP) is 6.02. The van der Waals surface area contributed by atoms with E-state index in [1.54, 1.807) is 48.1 Å². The molecule has 228 valence electrons. The Morgan fingerprint density at radius 1 is 0.978 bits per heavy atom. The van der Waals surface area contributed by atoms with E-state index in [-0.39, 0.29) is 29.9 Å². The molecule has 0 saturated carbocycles. The van der Waals surface area contributed by atoms with Gasteiger partial charge in [-0.05, 0) is 83.2 Å². The summed E-state index contributed by atoms with van der Waals surface area (Å²) in [5.41, 5.74) is 2.88. The number of carbonyl (C=O) groups is 2. The van der Waals surface area contributed by atoms with Crippen LogP contribution in [-0.2, 0) is 11.3 Å². The van der Waals surface area contributed by atoms with E-state index in [0.717, 1.165) is 22.9 Å². The topological polar surface area (TPSA) is 102 Å². The van der Waals surface area contributed by atoms with Crippen LogP contribution in [0.15, 0.2) is 101 Å². The van der Waals surface area contributed by atoms with Gasteiger partial charge < -0.3 is 10.1 Å². The van der Waals surface area contributed by atoms with Crippen molar-refractivity contribution < 1.29 is 23.1 Å². The number of carbonyl (C=O) groups excluding carboxylic acids is 2. The van der Waals surface area contributed by atoms with Crippen LogP contribution >= 0.6 is 23.1 Å². The fourth-order valence-corrected chi connectivity index (χ4v) is 6.31. The van der Waals surface area contributed by atoms with Crippen LogP contribution in [-0.4, -0.2) is 50.2 Å². The van der Waals surface area contributed by atoms with Gasteiger partial charge in [-0.25, -0.2) is 13.8 Å². The summed E-state index contributed by atoms with van der Waals surface area (Å²) in [5.74, 6) is -0.260. The van der Waals surface area contributed by atoms with Gasteiger partial charge in [0.1, 0.15) is 17.4 Å². The highest BCUT2D eigenvalue weighted by atomic mass is 32.2. The van der Waals surface area contributed by atoms with Crippen LogP contribution in [0.1, 0.15) is 39.1 Å². The standard InChI is InChI=1S/C32H26F2N6O3S2/c1-43-25-14-6-20(7-15-25)26-17-27(21-4-8-22(33)9-5-21)40(38-26)30(41)19-45-32-37-36-29(18-35-31(42)28-3-2-16-44-28)39(32)24-12-10-23(34)11-13-24/h2-16,27H,17-19H2,1H3,(H,35,42)/t27-/m1/s1. The lowest BCUT2D eigenvalue weighted by Crippen LogP contribution is -2.28. The molecular weight excluding hydrogens is 619 g/mol. The quantitative estimate of drug-likeness (QED) is 0.187. The average Bonchev–Trinajstić information content (AvgIpc) is 3.84. The second-order valence-electron chi connectivity index (χ2n) is 9.94. The first-order valence-corrected chi connectivity index (χ1v) is 15.7. The van der Waals surface area contributed by atoms with Crippen LogP contribution < -0.4 is 10.1 Å². The molecule has 0 saturated heterocycles. The van der Waals surface area contributed by atoms with Crippen molar-refractivity contribution in [2.75, 3.05) is 12.9 Å². The normalized spacial score (nSPS) is 14.3. The fraction of sp³-hybridized carbons (Fsp3) is 0.156. The number of hydrogen-bond acceptors (Lipinski definition) is 8. The average molecular weight is 645 g/mol. The van der Waals surface area contributed by atoms with E-state index in [2.05, 4.69) is 15.5 Å². The molecule has 9 nitrogen and oxygen atoms in total. The molecule has 5 aromatic rings. The molecule has 0 unspecified atom stereocenters. The molecule has 0 radical (unpaired) electrons. The van der Waals surface area contributed by atoms with Crippen molar-refractivity contribution in [3.63, 3.8) is 0 Å². The van der Waals surface area contributed by atoms with E-state index in [1.165, 1.54) is 40.6 Å². The van der Waals surface area contributed by atoms with Crippen molar-refractivity contribution >= 4 is 40.6 Å². The summed E-state index contributed by atoms with van der Waals surface area (Å²) in [7, 11) is 1.59. The van der Waals surface area contributed by atoms with Gasteiger partial charge in [0.05, 0.1) is 36.0 Å². The van der Waals surface area contributed by atoms with E-state index >= 15 is 0 Å². The van der Waals surface area contributed by atoms with E-state index in [0.29, 0.717) is 39.4 Å². The molecule has 0 aliphatic carbocycles. The van der Waals surface area contributed by atoms with Gasteiger partial charge in [0.2, 0.25) is 0 Å². The molecule has 2 aromatic heterocycles. The molecule has 2 amide bonds. The summed E-state index contributed by atoms with van der Waals surface area (Å²) in [6.45, 7) is 0.0594. The number of amides is 2. The lowest BCUT2D eigenvalue weighted by molar-refractivity contribution is -0.130. The number of ether oxygens (including phenoxy) is 1. The number of halogens is 2. The lowest BCUT2D eigenvalue weighted by atomic mass is 9.98. The SMILES string of the molecule is COc1ccc(C2=NN(C(=O)CSc3nnc(CNC(=O)c4cccs4)n3-c3ccc(F)cc3)[C@@H](c3ccc(F)cc3)C2)cc1. The Morgan fingerprint density at radius 3 is 2.36 bits per heavy atom. The van der Waals surface area contributed by atoms with Crippen molar-refractivity contribution in [2.24, 2.45) is 5.10 Å². The summed E-state index contributed by atoms with van der Waals surface area (Å²) >= 11 is 2.46. The third-order valence-electron chi connectivity index (χ3n) is 7.11. The summed E-state index contributed by atoms with van der Waals surface area (Å²) in [6.07, 6.45) is 0.439. The van der Waals surface area contributed by atoms with Crippen LogP contribution in [0.5, 0.6) is 5.75 Å². The maximum absolute atomic E-state index is 13.8. The molecule has 13 heteroatoms. The third-order valence-corrected chi connectivity index (χ3v) is 8.89. The van der Waals surface area contributed by atoms with Crippen molar-refractivity contribution in [1.29, 1.82) is 0 Å². The Kier molecular flexibility index (Phi) is 8.98. The maximum Gasteiger partial charge on any atom is 0.261 e. The highest BCUT2D eigenvalue weighted by Gasteiger charge is 2.33. The van der Waals surface area contributed by atoms with Crippen LogP contribution in [0.3, 0.4) is 0 Å². The number of thioether (sulfide) groups is 1. The van der Waals surface area contributed by atoms with E-state index in [4.69, 9.17) is 9.84 Å². The first kappa shape index (κ1) is 30.2. The Morgan fingerprint density at radius 2 is 1.69 bits per heavy atom. The number of methoxy groups -OCH3 is 1. The number of benzene rings is 3. The van der Waals surface area contributed by atoms with Crippen molar-refractivity contribution in [1.82, 2.24) is 25.1 Å². The molecule has 1 atom stereocenters. The minimum atomic E-state index is -0.436. The third kappa shape index (κ3) is 6.79. The van der Waals surface area contributed by atoms with Gasteiger partial charge >= 0.3 is 0 Å². The molecule has 0 spiro atoms. The summed E-state index contributed by atoms with van der Waals surface area (Å²) in [4.78, 5) is 26.9. The second kappa shape index (κ2) is 13.4. The molecule has 1 aliphatic heterocycles. The smallest absolute Gasteiger partial charge is 0.261 e. The van der Waals surface area contributed by atoms with Gasteiger partial charge in [0, 0.05) is 12.1 Å². The van der Waals surface area contributed by atoms with E-state index in [1.807, 2.05) is 29.6 Å². The minimum Gasteiger partial charge on any atom is -0.497 e. The monoisotopic (exact) mass is 644 g/mol. The molecule has 0 bridgehead atoms. The van der Waals surface area contributed by atoms with Crippen molar-refractivity contribution in [3.8, 4) is 11.4 Å². The van der Waals surface area contributed by atoms with E-state index in [9.17, 15) is 18.4 Å². The molecule has 1 aliphatic rings. The van der Waals surface area contributed by atoms with Crippen LogP contribution in [0.4, 0.5) is 8.78 Å². The van der Waals surface area contributed by atoms with Crippen molar-refractivity contribution in [2.45, 2.75) is 24.2 Å². The van der Waals surface area contributed by atoms with Gasteiger partial charge in [0.15, 0.2) is 11.0 Å². The Hall–Kier alpha value is -4.88. The summed E-state index contributed by atoms with van der Waals surface area (Å²) in [5, 5.41) is 19.7. The Bertz CT molecular complexity index is 1830. The fourth-order valence-electron chi connectivity index (χ4n) is 4.85. The Labute approximate surface area is 265 Å². The summed E-state index contributed by atoms with van der Waals surface area (Å²) in [6, 6.07) is 22.3. The molecule has 3 aromatic carbocycles. The number of nitrogens with zero attached hydrogens (tertiary/aromatic N) is 5. The second-order valence-corrected chi connectivity index (χ2v) is 11.8. The van der Waals surface area contributed by atoms with Crippen LogP contribution in [0.2, 0.25) is 0 Å². The number of thiophene rings is 1. The van der Waals surface area contributed by atoms with Crippen LogP contribution in [0, 0.1) is 11.6 Å².